The van der Waals surface area contributed by atoms with Crippen molar-refractivity contribution in [1.82, 2.24) is 9.80 Å². The summed E-state index contributed by atoms with van der Waals surface area (Å²) in [5.41, 5.74) is 0. The fraction of sp³-hybridized carbons (Fsp3) is 0.933. The Labute approximate surface area is 116 Å². The lowest BCUT2D eigenvalue weighted by atomic mass is 9.94. The summed E-state index contributed by atoms with van der Waals surface area (Å²) in [7, 11) is 3.86. The van der Waals surface area contributed by atoms with Gasteiger partial charge in [0.15, 0.2) is 0 Å². The number of rotatable bonds is 6. The lowest BCUT2D eigenvalue weighted by Crippen LogP contribution is -2.44. The standard InChI is InChI=1S/C15H28N2O2/c1-16(10-14(18)12-8-9-12)11-15(19)17(2)13-6-4-3-5-7-13/h12-14,18H,3-11H2,1-2H3. The first-order valence-electron chi connectivity index (χ1n) is 7.70. The zero-order valence-corrected chi connectivity index (χ0v) is 12.3. The van der Waals surface area contributed by atoms with Gasteiger partial charge in [-0.1, -0.05) is 19.3 Å². The van der Waals surface area contributed by atoms with Crippen molar-refractivity contribution in [1.29, 1.82) is 0 Å². The van der Waals surface area contributed by atoms with Crippen LogP contribution in [0.3, 0.4) is 0 Å². The number of amides is 1. The fourth-order valence-corrected chi connectivity index (χ4v) is 3.03. The van der Waals surface area contributed by atoms with Crippen LogP contribution in [-0.2, 0) is 4.79 Å². The summed E-state index contributed by atoms with van der Waals surface area (Å²) in [5.74, 6) is 0.672. The minimum Gasteiger partial charge on any atom is -0.392 e. The Morgan fingerprint density at radius 2 is 1.79 bits per heavy atom. The maximum Gasteiger partial charge on any atom is 0.236 e. The smallest absolute Gasteiger partial charge is 0.236 e. The van der Waals surface area contributed by atoms with Gasteiger partial charge in [-0.15, -0.1) is 0 Å². The summed E-state index contributed by atoms with van der Waals surface area (Å²) in [5, 5.41) is 9.89. The van der Waals surface area contributed by atoms with Crippen molar-refractivity contribution in [2.75, 3.05) is 27.2 Å². The molecule has 2 aliphatic carbocycles. The Morgan fingerprint density at radius 1 is 1.16 bits per heavy atom. The summed E-state index contributed by atoms with van der Waals surface area (Å²) < 4.78 is 0. The van der Waals surface area contributed by atoms with E-state index >= 15 is 0 Å². The SMILES string of the molecule is CN(CC(=O)N(C)C1CCCCC1)CC(O)C1CC1. The lowest BCUT2D eigenvalue weighted by Gasteiger charge is -2.32. The van der Waals surface area contributed by atoms with Gasteiger partial charge >= 0.3 is 0 Å². The van der Waals surface area contributed by atoms with Crippen LogP contribution in [0.5, 0.6) is 0 Å². The van der Waals surface area contributed by atoms with E-state index in [0.29, 0.717) is 25.0 Å². The second-order valence-corrected chi connectivity index (χ2v) is 6.40. The van der Waals surface area contributed by atoms with Crippen LogP contribution in [0, 0.1) is 5.92 Å². The van der Waals surface area contributed by atoms with Crippen molar-refractivity contribution in [3.63, 3.8) is 0 Å². The van der Waals surface area contributed by atoms with Gasteiger partial charge < -0.3 is 10.0 Å². The maximum atomic E-state index is 12.2. The highest BCUT2D eigenvalue weighted by Crippen LogP contribution is 2.32. The predicted molar refractivity (Wildman–Crippen MR) is 75.9 cm³/mol. The molecule has 1 atom stereocenters. The summed E-state index contributed by atoms with van der Waals surface area (Å²) >= 11 is 0. The predicted octanol–water partition coefficient (Wildman–Crippen LogP) is 1.48. The summed E-state index contributed by atoms with van der Waals surface area (Å²) in [6.07, 6.45) is 8.14. The maximum absolute atomic E-state index is 12.2. The molecule has 1 amide bonds. The zero-order chi connectivity index (χ0) is 13.8. The Kier molecular flexibility index (Phi) is 5.22. The Bertz CT molecular complexity index is 299. The van der Waals surface area contributed by atoms with Gasteiger partial charge in [-0.2, -0.15) is 0 Å². The van der Waals surface area contributed by atoms with Crippen molar-refractivity contribution in [3.05, 3.63) is 0 Å². The molecule has 0 aromatic heterocycles. The number of likely N-dealkylation sites (N-methyl/N-ethyl adjacent to an activating group) is 2. The number of carbonyl (C=O) groups is 1. The highest BCUT2D eigenvalue weighted by atomic mass is 16.3. The largest absolute Gasteiger partial charge is 0.392 e. The third-order valence-electron chi connectivity index (χ3n) is 4.59. The van der Waals surface area contributed by atoms with Gasteiger partial charge in [0.25, 0.3) is 0 Å². The van der Waals surface area contributed by atoms with Crippen molar-refractivity contribution in [2.24, 2.45) is 5.92 Å². The molecule has 0 bridgehead atoms. The van der Waals surface area contributed by atoms with Crippen LogP contribution in [0.1, 0.15) is 44.9 Å². The van der Waals surface area contributed by atoms with Gasteiger partial charge in [0.05, 0.1) is 12.6 Å². The first-order chi connectivity index (χ1) is 9.08. The van der Waals surface area contributed by atoms with Crippen molar-refractivity contribution >= 4 is 5.91 Å². The molecule has 1 N–H and O–H groups in total. The number of aliphatic hydroxyl groups is 1. The van der Waals surface area contributed by atoms with Crippen LogP contribution in [0.2, 0.25) is 0 Å². The van der Waals surface area contributed by atoms with E-state index in [9.17, 15) is 9.90 Å². The average molecular weight is 268 g/mol. The molecule has 2 aliphatic rings. The molecule has 4 nitrogen and oxygen atoms in total. The molecule has 2 fully saturated rings. The second-order valence-electron chi connectivity index (χ2n) is 6.40. The van der Waals surface area contributed by atoms with Gasteiger partial charge in [-0.25, -0.2) is 0 Å². The van der Waals surface area contributed by atoms with E-state index in [1.807, 2.05) is 23.9 Å². The lowest BCUT2D eigenvalue weighted by molar-refractivity contribution is -0.133. The van der Waals surface area contributed by atoms with Crippen LogP contribution < -0.4 is 0 Å². The van der Waals surface area contributed by atoms with Crippen LogP contribution in [0.4, 0.5) is 0 Å². The van der Waals surface area contributed by atoms with Gasteiger partial charge in [-0.3, -0.25) is 9.69 Å². The zero-order valence-electron chi connectivity index (χ0n) is 12.3. The van der Waals surface area contributed by atoms with Crippen LogP contribution in [-0.4, -0.2) is 60.1 Å². The average Bonchev–Trinajstić information content (AvgIpc) is 3.22. The topological polar surface area (TPSA) is 43.8 Å². The molecule has 0 aromatic carbocycles. The molecule has 4 heteroatoms. The van der Waals surface area contributed by atoms with Crippen LogP contribution >= 0.6 is 0 Å². The molecule has 19 heavy (non-hydrogen) atoms. The number of hydrogen-bond donors (Lipinski definition) is 1. The molecule has 1 unspecified atom stereocenters. The fourth-order valence-electron chi connectivity index (χ4n) is 3.03. The van der Waals surface area contributed by atoms with Gasteiger partial charge in [-0.05, 0) is 38.6 Å². The molecule has 0 aliphatic heterocycles. The minimum atomic E-state index is -0.252. The van der Waals surface area contributed by atoms with E-state index in [1.54, 1.807) is 0 Å². The first-order valence-corrected chi connectivity index (χ1v) is 7.70. The van der Waals surface area contributed by atoms with Gasteiger partial charge in [0, 0.05) is 19.6 Å². The highest BCUT2D eigenvalue weighted by molar-refractivity contribution is 5.78. The monoisotopic (exact) mass is 268 g/mol. The molecule has 0 saturated heterocycles. The quantitative estimate of drug-likeness (QED) is 0.793. The first kappa shape index (κ1) is 14.8. The Balaban J connectivity index is 1.72. The summed E-state index contributed by atoms with van der Waals surface area (Å²) in [6.45, 7) is 1.05. The van der Waals surface area contributed by atoms with E-state index in [2.05, 4.69) is 0 Å². The van der Waals surface area contributed by atoms with Crippen LogP contribution in [0.15, 0.2) is 0 Å². The van der Waals surface area contributed by atoms with E-state index < -0.39 is 0 Å². The molecule has 2 saturated carbocycles. The number of aliphatic hydroxyl groups excluding tert-OH is 1. The minimum absolute atomic E-state index is 0.192. The summed E-state index contributed by atoms with van der Waals surface area (Å²) in [4.78, 5) is 16.1. The molecule has 0 spiro atoms. The number of nitrogens with zero attached hydrogens (tertiary/aromatic N) is 2. The molecule has 2 rings (SSSR count). The van der Waals surface area contributed by atoms with Gasteiger partial charge in [0.2, 0.25) is 5.91 Å². The molecular formula is C15H28N2O2. The highest BCUT2D eigenvalue weighted by Gasteiger charge is 2.31. The third kappa shape index (κ3) is 4.46. The van der Waals surface area contributed by atoms with Crippen molar-refractivity contribution in [2.45, 2.75) is 57.1 Å². The van der Waals surface area contributed by atoms with E-state index in [1.165, 1.54) is 19.3 Å². The molecule has 0 aromatic rings. The summed E-state index contributed by atoms with van der Waals surface area (Å²) in [6, 6.07) is 0.433. The van der Waals surface area contributed by atoms with Crippen molar-refractivity contribution in [3.8, 4) is 0 Å². The molecule has 110 valence electrons. The van der Waals surface area contributed by atoms with E-state index in [-0.39, 0.29) is 12.0 Å². The molecule has 0 radical (unpaired) electrons. The normalized spacial score (nSPS) is 22.5. The van der Waals surface area contributed by atoms with Crippen LogP contribution in [0.25, 0.3) is 0 Å². The molecular weight excluding hydrogens is 240 g/mol. The van der Waals surface area contributed by atoms with Crippen molar-refractivity contribution < 1.29 is 9.90 Å². The Morgan fingerprint density at radius 3 is 2.37 bits per heavy atom. The van der Waals surface area contributed by atoms with E-state index in [0.717, 1.165) is 25.7 Å². The van der Waals surface area contributed by atoms with E-state index in [4.69, 9.17) is 0 Å². The number of hydrogen-bond acceptors (Lipinski definition) is 3. The second kappa shape index (κ2) is 6.71. The van der Waals surface area contributed by atoms with Gasteiger partial charge in [0.1, 0.15) is 0 Å². The molecule has 0 heterocycles. The Hall–Kier alpha value is -0.610. The number of carbonyl (C=O) groups excluding carboxylic acids is 1. The third-order valence-corrected chi connectivity index (χ3v) is 4.59.